The average molecular weight is 486 g/mol. The molecule has 0 atom stereocenters. The van der Waals surface area contributed by atoms with E-state index in [4.69, 9.17) is 11.6 Å². The first-order chi connectivity index (χ1) is 15.8. The van der Waals surface area contributed by atoms with Crippen LogP contribution in [0, 0.1) is 11.1 Å². The Balaban J connectivity index is 1.57. The van der Waals surface area contributed by atoms with Crippen LogP contribution in [0.1, 0.15) is 34.5 Å². The first-order valence-electron chi connectivity index (χ1n) is 10.6. The zero-order valence-electron chi connectivity index (χ0n) is 17.9. The van der Waals surface area contributed by atoms with Crippen molar-refractivity contribution in [3.8, 4) is 0 Å². The van der Waals surface area contributed by atoms with Crippen molar-refractivity contribution >= 4 is 27.5 Å². The highest BCUT2D eigenvalue weighted by molar-refractivity contribution is 7.89. The molecular formula is C24H24ClN3O4S. The van der Waals surface area contributed by atoms with Gasteiger partial charge in [-0.15, -0.1) is 0 Å². The molecule has 0 saturated heterocycles. The second kappa shape index (κ2) is 9.91. The fourth-order valence-electron chi connectivity index (χ4n) is 3.37. The first kappa shape index (κ1) is 23.2. The molecule has 0 bridgehead atoms. The van der Waals surface area contributed by atoms with E-state index < -0.39 is 10.0 Å². The van der Waals surface area contributed by atoms with E-state index in [2.05, 4.69) is 5.32 Å². The van der Waals surface area contributed by atoms with Crippen molar-refractivity contribution in [2.45, 2.75) is 30.8 Å². The molecule has 1 fully saturated rings. The summed E-state index contributed by atoms with van der Waals surface area (Å²) in [5.41, 5.74) is 1.51. The van der Waals surface area contributed by atoms with Crippen LogP contribution in [0.15, 0.2) is 77.8 Å². The lowest BCUT2D eigenvalue weighted by Crippen LogP contribution is -2.38. The maximum Gasteiger partial charge on any atom is 0.251 e. The van der Waals surface area contributed by atoms with Crippen LogP contribution in [-0.4, -0.2) is 25.2 Å². The second-order valence-electron chi connectivity index (χ2n) is 8.10. The molecule has 1 aromatic heterocycles. The number of carbonyl (C=O) groups excluding carboxylic acids is 1. The van der Waals surface area contributed by atoms with Crippen molar-refractivity contribution in [1.29, 1.82) is 0 Å². The molecular weight excluding hydrogens is 462 g/mol. The van der Waals surface area contributed by atoms with Gasteiger partial charge in [0.2, 0.25) is 15.7 Å². The molecule has 0 aliphatic heterocycles. The Morgan fingerprint density at radius 3 is 2.36 bits per heavy atom. The van der Waals surface area contributed by atoms with Gasteiger partial charge in [-0.2, -0.15) is 9.04 Å². The molecule has 2 aromatic carbocycles. The molecule has 0 unspecified atom stereocenters. The minimum Gasteiger partial charge on any atom is -0.618 e. The van der Waals surface area contributed by atoms with Crippen molar-refractivity contribution in [3.63, 3.8) is 0 Å². The molecule has 1 N–H and O–H groups in total. The number of amides is 1. The highest BCUT2D eigenvalue weighted by Gasteiger charge is 2.27. The summed E-state index contributed by atoms with van der Waals surface area (Å²) in [5, 5.41) is 15.5. The van der Waals surface area contributed by atoms with Crippen molar-refractivity contribution in [2.24, 2.45) is 5.92 Å². The third-order valence-corrected chi connectivity index (χ3v) is 7.58. The van der Waals surface area contributed by atoms with Gasteiger partial charge in [0.25, 0.3) is 5.91 Å². The van der Waals surface area contributed by atoms with Crippen LogP contribution >= 0.6 is 11.6 Å². The summed E-state index contributed by atoms with van der Waals surface area (Å²) >= 11 is 5.92. The number of sulfonamides is 1. The quantitative estimate of drug-likeness (QED) is 0.371. The van der Waals surface area contributed by atoms with Crippen molar-refractivity contribution < 1.29 is 17.9 Å². The van der Waals surface area contributed by atoms with E-state index in [0.29, 0.717) is 39.0 Å². The minimum atomic E-state index is -3.93. The molecule has 1 amide bonds. The Kier molecular flexibility index (Phi) is 6.97. The Hall–Kier alpha value is -2.94. The molecule has 1 aliphatic carbocycles. The Morgan fingerprint density at radius 1 is 1.03 bits per heavy atom. The Bertz CT molecular complexity index is 1230. The van der Waals surface area contributed by atoms with E-state index in [1.54, 1.807) is 42.5 Å². The van der Waals surface area contributed by atoms with E-state index in [1.807, 2.05) is 0 Å². The number of hydrogen-bond donors (Lipinski definition) is 1. The number of rotatable bonds is 9. The topological polar surface area (TPSA) is 93.4 Å². The molecule has 0 radical (unpaired) electrons. The molecule has 1 heterocycles. The van der Waals surface area contributed by atoms with Gasteiger partial charge in [-0.3, -0.25) is 4.79 Å². The predicted molar refractivity (Wildman–Crippen MR) is 125 cm³/mol. The number of aromatic nitrogens is 1. The van der Waals surface area contributed by atoms with Gasteiger partial charge >= 0.3 is 0 Å². The van der Waals surface area contributed by atoms with Crippen LogP contribution in [0.2, 0.25) is 5.02 Å². The van der Waals surface area contributed by atoms with E-state index >= 15 is 0 Å². The number of benzene rings is 2. The van der Waals surface area contributed by atoms with Crippen LogP contribution in [-0.2, 0) is 23.1 Å². The Morgan fingerprint density at radius 2 is 1.73 bits per heavy atom. The van der Waals surface area contributed by atoms with Gasteiger partial charge in [-0.1, -0.05) is 23.7 Å². The van der Waals surface area contributed by atoms with Gasteiger partial charge in [0.1, 0.15) is 6.54 Å². The summed E-state index contributed by atoms with van der Waals surface area (Å²) < 4.78 is 28.7. The average Bonchev–Trinajstić information content (AvgIpc) is 3.64. The number of nitrogens with zero attached hydrogens (tertiary/aromatic N) is 2. The normalized spacial score (nSPS) is 13.8. The lowest BCUT2D eigenvalue weighted by Gasteiger charge is -2.22. The summed E-state index contributed by atoms with van der Waals surface area (Å²) in [4.78, 5) is 12.4. The number of carbonyl (C=O) groups is 1. The molecule has 9 heteroatoms. The standard InChI is InChI=1S/C24H24ClN3O4S/c25-21-10-12-23(13-11-21)33(31,32)27(17-22-3-1-2-14-28(22)30)16-19-6-8-20(9-7-19)24(29)26-15-18-4-5-18/h1-3,6-14,18H,4-5,15-17H2,(H,26,29). The SMILES string of the molecule is O=C(NCC1CC1)c1ccc(CN(Cc2cccc[n+]2[O-])S(=O)(=O)c2ccc(Cl)cc2)cc1. The highest BCUT2D eigenvalue weighted by atomic mass is 35.5. The van der Waals surface area contributed by atoms with Gasteiger partial charge in [0, 0.05) is 35.8 Å². The molecule has 1 saturated carbocycles. The molecule has 7 nitrogen and oxygen atoms in total. The summed E-state index contributed by atoms with van der Waals surface area (Å²) in [6, 6.07) is 17.6. The van der Waals surface area contributed by atoms with Crippen LogP contribution in [0.4, 0.5) is 0 Å². The number of nitrogens with one attached hydrogen (secondary N) is 1. The fourth-order valence-corrected chi connectivity index (χ4v) is 4.90. The van der Waals surface area contributed by atoms with Crippen LogP contribution in [0.5, 0.6) is 0 Å². The van der Waals surface area contributed by atoms with Crippen molar-refractivity contribution in [3.05, 3.63) is 100.0 Å². The number of halogens is 1. The lowest BCUT2D eigenvalue weighted by molar-refractivity contribution is -0.615. The minimum absolute atomic E-state index is 0.0316. The van der Waals surface area contributed by atoms with E-state index in [1.165, 1.54) is 34.8 Å². The van der Waals surface area contributed by atoms with Gasteiger partial charge in [0.15, 0.2) is 6.20 Å². The number of pyridine rings is 1. The third-order valence-electron chi connectivity index (χ3n) is 5.52. The van der Waals surface area contributed by atoms with Crippen molar-refractivity contribution in [2.75, 3.05) is 6.54 Å². The maximum atomic E-state index is 13.4. The first-order valence-corrected chi connectivity index (χ1v) is 12.4. The second-order valence-corrected chi connectivity index (χ2v) is 10.5. The molecule has 4 rings (SSSR count). The van der Waals surface area contributed by atoms with E-state index in [-0.39, 0.29) is 23.9 Å². The molecule has 172 valence electrons. The summed E-state index contributed by atoms with van der Waals surface area (Å²) in [6.45, 7) is 0.600. The summed E-state index contributed by atoms with van der Waals surface area (Å²) in [5.74, 6) is 0.442. The fraction of sp³-hybridized carbons (Fsp3) is 0.250. The zero-order chi connectivity index (χ0) is 23.4. The maximum absolute atomic E-state index is 13.4. The van der Waals surface area contributed by atoms with Crippen LogP contribution in [0.25, 0.3) is 0 Å². The van der Waals surface area contributed by atoms with Crippen molar-refractivity contribution in [1.82, 2.24) is 9.62 Å². The van der Waals surface area contributed by atoms with Gasteiger partial charge in [-0.05, 0) is 66.8 Å². The highest BCUT2D eigenvalue weighted by Crippen LogP contribution is 2.27. The third kappa shape index (κ3) is 5.90. The van der Waals surface area contributed by atoms with Gasteiger partial charge in [-0.25, -0.2) is 8.42 Å². The van der Waals surface area contributed by atoms with Gasteiger partial charge in [0.05, 0.1) is 4.90 Å². The molecule has 3 aromatic rings. The van der Waals surface area contributed by atoms with Gasteiger partial charge < -0.3 is 10.5 Å². The Labute approximate surface area is 198 Å². The largest absolute Gasteiger partial charge is 0.618 e. The van der Waals surface area contributed by atoms with E-state index in [0.717, 1.165) is 12.8 Å². The van der Waals surface area contributed by atoms with Crippen LogP contribution < -0.4 is 10.0 Å². The molecule has 33 heavy (non-hydrogen) atoms. The van der Waals surface area contributed by atoms with E-state index in [9.17, 15) is 18.4 Å². The zero-order valence-corrected chi connectivity index (χ0v) is 19.4. The smallest absolute Gasteiger partial charge is 0.251 e. The molecule has 1 aliphatic rings. The van der Waals surface area contributed by atoms with Crippen LogP contribution in [0.3, 0.4) is 0 Å². The summed E-state index contributed by atoms with van der Waals surface area (Å²) in [6.07, 6.45) is 3.64. The predicted octanol–water partition coefficient (Wildman–Crippen LogP) is 3.50. The molecule has 0 spiro atoms. The monoisotopic (exact) mass is 485 g/mol. The lowest BCUT2D eigenvalue weighted by atomic mass is 10.1. The summed E-state index contributed by atoms with van der Waals surface area (Å²) in [7, 11) is -3.93. The number of hydrogen-bond acceptors (Lipinski definition) is 4.